The first-order valence-corrected chi connectivity index (χ1v) is 5.35. The van der Waals surface area contributed by atoms with Gasteiger partial charge in [0.15, 0.2) is 0 Å². The van der Waals surface area contributed by atoms with Gasteiger partial charge in [0, 0.05) is 19.5 Å². The minimum atomic E-state index is -0.712. The number of nitrogens with one attached hydrogen (secondary N) is 1. The lowest BCUT2D eigenvalue weighted by Gasteiger charge is -2.17. The number of rotatable bonds is 9. The number of carbonyl (C=O) groups is 1. The van der Waals surface area contributed by atoms with Crippen molar-refractivity contribution in [1.82, 2.24) is 10.2 Å². The molecule has 4 nitrogen and oxygen atoms in total. The summed E-state index contributed by atoms with van der Waals surface area (Å²) >= 11 is 0. The first-order chi connectivity index (χ1) is 6.70. The number of hydrogen-bond acceptors (Lipinski definition) is 3. The Morgan fingerprint density at radius 1 is 1.29 bits per heavy atom. The summed E-state index contributed by atoms with van der Waals surface area (Å²) in [6.07, 6.45) is 0.978. The van der Waals surface area contributed by atoms with Gasteiger partial charge in [-0.05, 0) is 26.1 Å². The predicted molar refractivity (Wildman–Crippen MR) is 57.5 cm³/mol. The summed E-state index contributed by atoms with van der Waals surface area (Å²) in [7, 11) is 0. The summed E-state index contributed by atoms with van der Waals surface area (Å²) in [6.45, 7) is 9.23. The Kier molecular flexibility index (Phi) is 8.57. The van der Waals surface area contributed by atoms with Crippen molar-refractivity contribution in [3.63, 3.8) is 0 Å². The van der Waals surface area contributed by atoms with E-state index in [0.29, 0.717) is 6.42 Å². The fourth-order valence-corrected chi connectivity index (χ4v) is 1.27. The van der Waals surface area contributed by atoms with Crippen LogP contribution in [0.3, 0.4) is 0 Å². The first kappa shape index (κ1) is 13.4. The summed E-state index contributed by atoms with van der Waals surface area (Å²) in [5.74, 6) is -0.712. The predicted octanol–water partition coefficient (Wildman–Crippen LogP) is 0.783. The van der Waals surface area contributed by atoms with Crippen molar-refractivity contribution < 1.29 is 9.90 Å². The molecule has 4 heteroatoms. The van der Waals surface area contributed by atoms with Crippen molar-refractivity contribution in [2.75, 3.05) is 32.7 Å². The van der Waals surface area contributed by atoms with Gasteiger partial charge in [0.2, 0.25) is 0 Å². The maximum atomic E-state index is 10.2. The number of hydrogen-bond donors (Lipinski definition) is 2. The molecule has 0 fully saturated rings. The minimum absolute atomic E-state index is 0.262. The Labute approximate surface area is 86.3 Å². The number of carboxylic acid groups (broad SMARTS) is 1. The van der Waals surface area contributed by atoms with E-state index in [0.717, 1.165) is 32.7 Å². The van der Waals surface area contributed by atoms with E-state index < -0.39 is 5.97 Å². The van der Waals surface area contributed by atoms with Gasteiger partial charge in [-0.3, -0.25) is 4.79 Å². The standard InChI is InChI=1S/C10H22N2O2/c1-3-12(4-2)9-8-11-7-5-6-10(13)14/h11H,3-9H2,1-2H3,(H,13,14). The quantitative estimate of drug-likeness (QED) is 0.543. The van der Waals surface area contributed by atoms with Gasteiger partial charge in [0.05, 0.1) is 0 Å². The van der Waals surface area contributed by atoms with E-state index in [1.807, 2.05) is 0 Å². The zero-order valence-electron chi connectivity index (χ0n) is 9.25. The van der Waals surface area contributed by atoms with Gasteiger partial charge in [-0.1, -0.05) is 13.8 Å². The topological polar surface area (TPSA) is 52.6 Å². The van der Waals surface area contributed by atoms with E-state index in [9.17, 15) is 4.79 Å². The number of likely N-dealkylation sites (N-methyl/N-ethyl adjacent to an activating group) is 1. The van der Waals surface area contributed by atoms with Crippen molar-refractivity contribution in [2.45, 2.75) is 26.7 Å². The lowest BCUT2D eigenvalue weighted by Crippen LogP contribution is -2.32. The maximum absolute atomic E-state index is 10.2. The molecule has 2 N–H and O–H groups in total. The van der Waals surface area contributed by atoms with Crippen LogP contribution in [0, 0.1) is 0 Å². The Balaban J connectivity index is 3.16. The average molecular weight is 202 g/mol. The molecular weight excluding hydrogens is 180 g/mol. The number of nitrogens with zero attached hydrogens (tertiary/aromatic N) is 1. The van der Waals surface area contributed by atoms with Crippen LogP contribution in [0.2, 0.25) is 0 Å². The third kappa shape index (κ3) is 8.01. The Morgan fingerprint density at radius 2 is 1.93 bits per heavy atom. The molecule has 0 unspecified atom stereocenters. The van der Waals surface area contributed by atoms with Crippen molar-refractivity contribution in [1.29, 1.82) is 0 Å². The molecule has 0 saturated heterocycles. The zero-order valence-corrected chi connectivity index (χ0v) is 9.25. The van der Waals surface area contributed by atoms with Gasteiger partial charge in [-0.25, -0.2) is 0 Å². The van der Waals surface area contributed by atoms with Crippen LogP contribution < -0.4 is 5.32 Å². The van der Waals surface area contributed by atoms with Crippen LogP contribution in [0.4, 0.5) is 0 Å². The summed E-state index contributed by atoms with van der Waals surface area (Å²) in [4.78, 5) is 12.5. The number of carboxylic acids is 1. The summed E-state index contributed by atoms with van der Waals surface area (Å²) < 4.78 is 0. The highest BCUT2D eigenvalue weighted by atomic mass is 16.4. The highest BCUT2D eigenvalue weighted by Crippen LogP contribution is 1.87. The molecule has 0 bridgehead atoms. The Morgan fingerprint density at radius 3 is 2.43 bits per heavy atom. The van der Waals surface area contributed by atoms with Gasteiger partial charge in [0.1, 0.15) is 0 Å². The molecule has 0 aliphatic heterocycles. The summed E-state index contributed by atoms with van der Waals surface area (Å²) in [6, 6.07) is 0. The van der Waals surface area contributed by atoms with Gasteiger partial charge in [0.25, 0.3) is 0 Å². The van der Waals surface area contributed by atoms with Crippen LogP contribution in [0.1, 0.15) is 26.7 Å². The van der Waals surface area contributed by atoms with Crippen LogP contribution in [0.25, 0.3) is 0 Å². The van der Waals surface area contributed by atoms with E-state index in [1.54, 1.807) is 0 Å². The maximum Gasteiger partial charge on any atom is 0.303 e. The first-order valence-electron chi connectivity index (χ1n) is 5.35. The van der Waals surface area contributed by atoms with Gasteiger partial charge in [-0.15, -0.1) is 0 Å². The molecule has 0 saturated carbocycles. The van der Waals surface area contributed by atoms with Crippen molar-refractivity contribution in [3.8, 4) is 0 Å². The van der Waals surface area contributed by atoms with Crippen LogP contribution in [0.15, 0.2) is 0 Å². The van der Waals surface area contributed by atoms with Crippen LogP contribution in [-0.2, 0) is 4.79 Å². The van der Waals surface area contributed by atoms with E-state index in [1.165, 1.54) is 0 Å². The third-order valence-corrected chi connectivity index (χ3v) is 2.24. The monoisotopic (exact) mass is 202 g/mol. The van der Waals surface area contributed by atoms with E-state index in [4.69, 9.17) is 5.11 Å². The average Bonchev–Trinajstić information content (AvgIpc) is 2.16. The van der Waals surface area contributed by atoms with Crippen molar-refractivity contribution in [3.05, 3.63) is 0 Å². The summed E-state index contributed by atoms with van der Waals surface area (Å²) in [5, 5.41) is 11.6. The molecule has 0 amide bonds. The fraction of sp³-hybridized carbons (Fsp3) is 0.900. The number of aliphatic carboxylic acids is 1. The molecule has 0 aromatic heterocycles. The van der Waals surface area contributed by atoms with Crippen LogP contribution >= 0.6 is 0 Å². The molecule has 0 atom stereocenters. The normalized spacial score (nSPS) is 10.8. The molecule has 0 aromatic rings. The molecule has 0 radical (unpaired) electrons. The molecule has 0 spiro atoms. The molecule has 0 aliphatic rings. The third-order valence-electron chi connectivity index (χ3n) is 2.24. The fourth-order valence-electron chi connectivity index (χ4n) is 1.27. The van der Waals surface area contributed by atoms with Crippen molar-refractivity contribution >= 4 is 5.97 Å². The van der Waals surface area contributed by atoms with Gasteiger partial charge >= 0.3 is 5.97 Å². The molecule has 0 heterocycles. The Hall–Kier alpha value is -0.610. The smallest absolute Gasteiger partial charge is 0.303 e. The largest absolute Gasteiger partial charge is 0.481 e. The highest BCUT2D eigenvalue weighted by Gasteiger charge is 1.98. The van der Waals surface area contributed by atoms with E-state index >= 15 is 0 Å². The highest BCUT2D eigenvalue weighted by molar-refractivity contribution is 5.66. The van der Waals surface area contributed by atoms with Crippen LogP contribution in [0.5, 0.6) is 0 Å². The van der Waals surface area contributed by atoms with E-state index in [-0.39, 0.29) is 6.42 Å². The molecule has 0 rings (SSSR count). The molecule has 0 aliphatic carbocycles. The second kappa shape index (κ2) is 8.97. The minimum Gasteiger partial charge on any atom is -0.481 e. The van der Waals surface area contributed by atoms with Gasteiger partial charge in [-0.2, -0.15) is 0 Å². The van der Waals surface area contributed by atoms with Crippen LogP contribution in [-0.4, -0.2) is 48.7 Å². The van der Waals surface area contributed by atoms with E-state index in [2.05, 4.69) is 24.1 Å². The molecule has 14 heavy (non-hydrogen) atoms. The molecule has 0 aromatic carbocycles. The lowest BCUT2D eigenvalue weighted by molar-refractivity contribution is -0.137. The van der Waals surface area contributed by atoms with Crippen molar-refractivity contribution in [2.24, 2.45) is 0 Å². The second-order valence-electron chi connectivity index (χ2n) is 3.27. The SMILES string of the molecule is CCN(CC)CCNCCCC(=O)O. The summed E-state index contributed by atoms with van der Waals surface area (Å²) in [5.41, 5.74) is 0. The second-order valence-corrected chi connectivity index (χ2v) is 3.27. The van der Waals surface area contributed by atoms with Gasteiger partial charge < -0.3 is 15.3 Å². The molecule has 84 valence electrons. The lowest BCUT2D eigenvalue weighted by atomic mass is 10.3. The zero-order chi connectivity index (χ0) is 10.8. The molecular formula is C10H22N2O2. The Bertz CT molecular complexity index is 147.